The molecule has 0 radical (unpaired) electrons. The van der Waals surface area contributed by atoms with Crippen LogP contribution >= 0.6 is 11.6 Å². The van der Waals surface area contributed by atoms with E-state index in [0.29, 0.717) is 0 Å². The SMILES string of the molecule is C/C=C/c1ccc(OS(=O)(=O)c2ccc(C(=O)OC)cc2Cl)c(OC)c1. The minimum atomic E-state index is -4.23. The molecule has 2 aromatic carbocycles. The number of rotatable bonds is 6. The second-order valence-corrected chi connectivity index (χ2v) is 7.01. The summed E-state index contributed by atoms with van der Waals surface area (Å²) in [5.74, 6) is -0.349. The molecule has 0 saturated carbocycles. The fourth-order valence-corrected chi connectivity index (χ4v) is 3.62. The van der Waals surface area contributed by atoms with Gasteiger partial charge in [-0.05, 0) is 42.8 Å². The van der Waals surface area contributed by atoms with Gasteiger partial charge in [-0.15, -0.1) is 0 Å². The summed E-state index contributed by atoms with van der Waals surface area (Å²) in [6.07, 6.45) is 3.68. The third-order valence-corrected chi connectivity index (χ3v) is 5.09. The van der Waals surface area contributed by atoms with E-state index in [1.54, 1.807) is 12.1 Å². The Hall–Kier alpha value is -2.51. The van der Waals surface area contributed by atoms with Crippen LogP contribution in [0.15, 0.2) is 47.4 Å². The van der Waals surface area contributed by atoms with Crippen LogP contribution in [-0.4, -0.2) is 28.6 Å². The summed E-state index contributed by atoms with van der Waals surface area (Å²) in [6.45, 7) is 1.86. The Labute approximate surface area is 157 Å². The van der Waals surface area contributed by atoms with Gasteiger partial charge < -0.3 is 13.7 Å². The van der Waals surface area contributed by atoms with E-state index in [-0.39, 0.29) is 27.0 Å². The molecule has 8 heteroatoms. The quantitative estimate of drug-likeness (QED) is 0.543. The Bertz CT molecular complexity index is 950. The van der Waals surface area contributed by atoms with E-state index in [0.717, 1.165) is 5.56 Å². The van der Waals surface area contributed by atoms with Crippen LogP contribution < -0.4 is 8.92 Å². The lowest BCUT2D eigenvalue weighted by Crippen LogP contribution is -2.12. The van der Waals surface area contributed by atoms with Crippen LogP contribution in [0, 0.1) is 0 Å². The Morgan fingerprint density at radius 1 is 1.08 bits per heavy atom. The van der Waals surface area contributed by atoms with Gasteiger partial charge in [-0.25, -0.2) is 4.79 Å². The number of methoxy groups -OCH3 is 2. The van der Waals surface area contributed by atoms with Crippen molar-refractivity contribution >= 4 is 33.8 Å². The second kappa shape index (κ2) is 8.25. The van der Waals surface area contributed by atoms with Gasteiger partial charge in [-0.2, -0.15) is 8.42 Å². The molecule has 0 unspecified atom stereocenters. The molecule has 0 spiro atoms. The fraction of sp³-hybridized carbons (Fsp3) is 0.167. The van der Waals surface area contributed by atoms with Crippen LogP contribution in [0.1, 0.15) is 22.8 Å². The first kappa shape index (κ1) is 19.8. The molecule has 2 rings (SSSR count). The highest BCUT2D eigenvalue weighted by Gasteiger charge is 2.23. The summed E-state index contributed by atoms with van der Waals surface area (Å²) in [6, 6.07) is 8.51. The van der Waals surface area contributed by atoms with Crippen molar-refractivity contribution in [1.82, 2.24) is 0 Å². The first-order chi connectivity index (χ1) is 12.3. The third kappa shape index (κ3) is 4.36. The van der Waals surface area contributed by atoms with Gasteiger partial charge in [0.25, 0.3) is 0 Å². The summed E-state index contributed by atoms with van der Waals surface area (Å²) in [7, 11) is -1.61. The van der Waals surface area contributed by atoms with E-state index in [9.17, 15) is 13.2 Å². The number of benzene rings is 2. The van der Waals surface area contributed by atoms with Gasteiger partial charge in [-0.1, -0.05) is 29.8 Å². The summed E-state index contributed by atoms with van der Waals surface area (Å²) in [5, 5.41) is -0.155. The number of halogens is 1. The molecule has 0 aliphatic carbocycles. The molecule has 0 heterocycles. The first-order valence-corrected chi connectivity index (χ1v) is 9.24. The van der Waals surface area contributed by atoms with Crippen LogP contribution in [0.3, 0.4) is 0 Å². The van der Waals surface area contributed by atoms with Crippen LogP contribution in [0.5, 0.6) is 11.5 Å². The maximum Gasteiger partial charge on any atom is 0.340 e. The minimum Gasteiger partial charge on any atom is -0.493 e. The van der Waals surface area contributed by atoms with Gasteiger partial charge in [0.15, 0.2) is 11.5 Å². The Morgan fingerprint density at radius 2 is 1.81 bits per heavy atom. The van der Waals surface area contributed by atoms with Crippen molar-refractivity contribution in [2.45, 2.75) is 11.8 Å². The smallest absolute Gasteiger partial charge is 0.340 e. The van der Waals surface area contributed by atoms with Gasteiger partial charge in [-0.3, -0.25) is 0 Å². The second-order valence-electron chi connectivity index (χ2n) is 5.08. The van der Waals surface area contributed by atoms with Crippen molar-refractivity contribution < 1.29 is 26.9 Å². The zero-order valence-electron chi connectivity index (χ0n) is 14.4. The van der Waals surface area contributed by atoms with Gasteiger partial charge in [0.2, 0.25) is 0 Å². The Kier molecular flexibility index (Phi) is 6.28. The van der Waals surface area contributed by atoms with Crippen LogP contribution in [0.2, 0.25) is 5.02 Å². The molecule has 0 fully saturated rings. The van der Waals surface area contributed by atoms with Crippen molar-refractivity contribution in [1.29, 1.82) is 0 Å². The largest absolute Gasteiger partial charge is 0.493 e. The number of carbonyl (C=O) groups excluding carboxylic acids is 1. The Morgan fingerprint density at radius 3 is 2.38 bits per heavy atom. The van der Waals surface area contributed by atoms with E-state index in [4.69, 9.17) is 20.5 Å². The van der Waals surface area contributed by atoms with Crippen LogP contribution in [0.4, 0.5) is 0 Å². The molecular weight excluding hydrogens is 380 g/mol. The van der Waals surface area contributed by atoms with Crippen LogP contribution in [-0.2, 0) is 14.9 Å². The number of allylic oxidation sites excluding steroid dienone is 1. The van der Waals surface area contributed by atoms with Crippen molar-refractivity contribution in [3.05, 3.63) is 58.6 Å². The lowest BCUT2D eigenvalue weighted by Gasteiger charge is -2.12. The molecule has 0 saturated heterocycles. The van der Waals surface area contributed by atoms with E-state index < -0.39 is 16.1 Å². The maximum absolute atomic E-state index is 12.6. The highest BCUT2D eigenvalue weighted by molar-refractivity contribution is 7.87. The molecular formula is C18H17ClO6S. The molecule has 0 bridgehead atoms. The van der Waals surface area contributed by atoms with E-state index in [2.05, 4.69) is 4.74 Å². The minimum absolute atomic E-state index is 0.0221. The molecule has 138 valence electrons. The summed E-state index contributed by atoms with van der Waals surface area (Å²) in [5.41, 5.74) is 0.958. The first-order valence-electron chi connectivity index (χ1n) is 7.45. The molecule has 0 aromatic heterocycles. The lowest BCUT2D eigenvalue weighted by molar-refractivity contribution is 0.0600. The van der Waals surface area contributed by atoms with E-state index >= 15 is 0 Å². The normalized spacial score (nSPS) is 11.4. The van der Waals surface area contributed by atoms with Gasteiger partial charge >= 0.3 is 16.1 Å². The monoisotopic (exact) mass is 396 g/mol. The third-order valence-electron chi connectivity index (χ3n) is 3.37. The van der Waals surface area contributed by atoms with Gasteiger partial charge in [0, 0.05) is 0 Å². The van der Waals surface area contributed by atoms with Crippen molar-refractivity contribution in [2.24, 2.45) is 0 Å². The molecule has 2 aromatic rings. The molecule has 0 N–H and O–H groups in total. The predicted octanol–water partition coefficient (Wildman–Crippen LogP) is 3.94. The number of hydrogen-bond donors (Lipinski definition) is 0. The number of carbonyl (C=O) groups is 1. The fourth-order valence-electron chi connectivity index (χ4n) is 2.16. The predicted molar refractivity (Wildman–Crippen MR) is 98.3 cm³/mol. The molecule has 0 amide bonds. The highest BCUT2D eigenvalue weighted by atomic mass is 35.5. The topological polar surface area (TPSA) is 78.9 Å². The number of ether oxygens (including phenoxy) is 2. The zero-order chi connectivity index (χ0) is 19.3. The molecule has 26 heavy (non-hydrogen) atoms. The van der Waals surface area contributed by atoms with E-state index in [1.807, 2.05) is 19.1 Å². The molecule has 0 aliphatic heterocycles. The van der Waals surface area contributed by atoms with Crippen molar-refractivity contribution in [3.8, 4) is 11.5 Å². The molecule has 0 aliphatic rings. The van der Waals surface area contributed by atoms with Crippen molar-refractivity contribution in [3.63, 3.8) is 0 Å². The maximum atomic E-state index is 12.6. The molecule has 0 atom stereocenters. The van der Waals surface area contributed by atoms with Crippen molar-refractivity contribution in [2.75, 3.05) is 14.2 Å². The zero-order valence-corrected chi connectivity index (χ0v) is 15.9. The summed E-state index contributed by atoms with van der Waals surface area (Å²) in [4.78, 5) is 11.2. The van der Waals surface area contributed by atoms with Gasteiger partial charge in [0.1, 0.15) is 4.90 Å². The van der Waals surface area contributed by atoms with Gasteiger partial charge in [0.05, 0.1) is 24.8 Å². The summed E-state index contributed by atoms with van der Waals surface area (Å²) < 4.78 is 40.1. The highest BCUT2D eigenvalue weighted by Crippen LogP contribution is 2.33. The number of hydrogen-bond acceptors (Lipinski definition) is 6. The van der Waals surface area contributed by atoms with E-state index in [1.165, 1.54) is 38.5 Å². The standard InChI is InChI=1S/C18H17ClO6S/c1-4-5-12-6-8-15(16(10-12)23-2)25-26(21,22)17-9-7-13(11-14(17)19)18(20)24-3/h4-11H,1-3H3/b5-4+. The van der Waals surface area contributed by atoms with Crippen LogP contribution in [0.25, 0.3) is 6.08 Å². The average molecular weight is 397 g/mol. The average Bonchev–Trinajstić information content (AvgIpc) is 2.61. The molecule has 6 nitrogen and oxygen atoms in total. The number of esters is 1. The summed E-state index contributed by atoms with van der Waals surface area (Å²) >= 11 is 6.01. The Balaban J connectivity index is 2.39. The lowest BCUT2D eigenvalue weighted by atomic mass is 10.2.